The molecular weight excluding hydrogens is 352 g/mol. The van der Waals surface area contributed by atoms with Crippen LogP contribution in [0.15, 0.2) is 12.7 Å². The van der Waals surface area contributed by atoms with E-state index in [4.69, 9.17) is 9.47 Å². The van der Waals surface area contributed by atoms with Crippen LogP contribution in [0.4, 0.5) is 4.79 Å². The maximum absolute atomic E-state index is 12.7. The molecule has 0 aromatic heterocycles. The normalized spacial score (nSPS) is 24.4. The third-order valence-corrected chi connectivity index (χ3v) is 5.36. The largest absolute Gasteiger partial charge is 0.466 e. The Morgan fingerprint density at radius 3 is 2.48 bits per heavy atom. The zero-order valence-corrected chi connectivity index (χ0v) is 16.3. The summed E-state index contributed by atoms with van der Waals surface area (Å²) in [6, 6.07) is -0.183. The number of likely N-dealkylation sites (tertiary alicyclic amines) is 2. The zero-order chi connectivity index (χ0) is 20.2. The Morgan fingerprint density at radius 1 is 1.33 bits per heavy atom. The fourth-order valence-corrected chi connectivity index (χ4v) is 4.25. The molecule has 0 radical (unpaired) electrons. The van der Waals surface area contributed by atoms with Gasteiger partial charge < -0.3 is 24.4 Å². The number of carbonyl (C=O) groups is 3. The van der Waals surface area contributed by atoms with E-state index in [9.17, 15) is 19.5 Å². The molecule has 8 nitrogen and oxygen atoms in total. The van der Waals surface area contributed by atoms with Gasteiger partial charge in [0.15, 0.2) is 0 Å². The minimum absolute atomic E-state index is 0.176. The van der Waals surface area contributed by atoms with Crippen molar-refractivity contribution in [2.75, 3.05) is 26.3 Å². The van der Waals surface area contributed by atoms with E-state index in [1.54, 1.807) is 22.8 Å². The molecule has 2 rings (SSSR count). The van der Waals surface area contributed by atoms with Gasteiger partial charge in [0, 0.05) is 19.1 Å². The van der Waals surface area contributed by atoms with Gasteiger partial charge in [0.2, 0.25) is 0 Å². The first-order valence-corrected chi connectivity index (χ1v) is 9.50. The average Bonchev–Trinajstić information content (AvgIpc) is 2.83. The number of ether oxygens (including phenoxy) is 2. The molecule has 2 amide bonds. The maximum atomic E-state index is 12.7. The third kappa shape index (κ3) is 3.95. The first-order valence-electron chi connectivity index (χ1n) is 9.50. The topological polar surface area (TPSA) is 96.4 Å². The predicted octanol–water partition coefficient (Wildman–Crippen LogP) is 1.32. The number of aliphatic hydroxyl groups excluding tert-OH is 1. The van der Waals surface area contributed by atoms with Crippen molar-refractivity contribution in [1.29, 1.82) is 0 Å². The molecule has 2 atom stereocenters. The zero-order valence-electron chi connectivity index (χ0n) is 16.3. The molecule has 0 aliphatic carbocycles. The van der Waals surface area contributed by atoms with Crippen LogP contribution in [0.2, 0.25) is 0 Å². The van der Waals surface area contributed by atoms with Gasteiger partial charge >= 0.3 is 12.1 Å². The summed E-state index contributed by atoms with van der Waals surface area (Å²) < 4.78 is 10.3. The highest BCUT2D eigenvalue weighted by Gasteiger charge is 2.63. The number of hydrogen-bond donors (Lipinski definition) is 1. The summed E-state index contributed by atoms with van der Waals surface area (Å²) in [6.45, 7) is 10.1. The number of carbonyl (C=O) groups excluding carboxylic acids is 3. The van der Waals surface area contributed by atoms with Crippen LogP contribution in [0.1, 0.15) is 40.0 Å². The highest BCUT2D eigenvalue weighted by atomic mass is 16.6. The highest BCUT2D eigenvalue weighted by Crippen LogP contribution is 2.45. The number of amides is 2. The van der Waals surface area contributed by atoms with E-state index in [2.05, 4.69) is 6.58 Å². The minimum Gasteiger partial charge on any atom is -0.466 e. The Balaban J connectivity index is 2.20. The molecule has 1 N–H and O–H groups in total. The lowest BCUT2D eigenvalue weighted by Crippen LogP contribution is -2.60. The lowest BCUT2D eigenvalue weighted by molar-refractivity contribution is -0.156. The first kappa shape index (κ1) is 21.2. The van der Waals surface area contributed by atoms with Gasteiger partial charge in [-0.25, -0.2) is 4.79 Å². The van der Waals surface area contributed by atoms with E-state index >= 15 is 0 Å². The van der Waals surface area contributed by atoms with Crippen LogP contribution in [0.25, 0.3) is 0 Å². The molecule has 0 aromatic rings. The Labute approximate surface area is 160 Å². The summed E-state index contributed by atoms with van der Waals surface area (Å²) in [5, 5.41) is 10.5. The van der Waals surface area contributed by atoms with Crippen molar-refractivity contribution in [3.63, 3.8) is 0 Å². The third-order valence-electron chi connectivity index (χ3n) is 5.36. The van der Waals surface area contributed by atoms with Crippen molar-refractivity contribution in [2.45, 2.75) is 57.7 Å². The molecule has 8 heteroatoms. The first-order chi connectivity index (χ1) is 12.8. The fraction of sp³-hybridized carbons (Fsp3) is 0.737. The van der Waals surface area contributed by atoms with Gasteiger partial charge in [-0.15, -0.1) is 6.58 Å². The molecular formula is C19H30N2O6. The molecule has 0 unspecified atom stereocenters. The lowest BCUT2D eigenvalue weighted by Gasteiger charge is -2.48. The Bertz CT molecular complexity index is 583. The molecule has 2 aliphatic rings. The molecule has 2 aliphatic heterocycles. The van der Waals surface area contributed by atoms with Gasteiger partial charge in [-0.1, -0.05) is 6.08 Å². The van der Waals surface area contributed by atoms with Crippen molar-refractivity contribution in [3.8, 4) is 0 Å². The van der Waals surface area contributed by atoms with Gasteiger partial charge in [-0.05, 0) is 40.0 Å². The second kappa shape index (κ2) is 8.73. The molecule has 2 saturated heterocycles. The van der Waals surface area contributed by atoms with Crippen molar-refractivity contribution >= 4 is 18.0 Å². The fourth-order valence-electron chi connectivity index (χ4n) is 4.25. The van der Waals surface area contributed by atoms with Crippen LogP contribution in [0.3, 0.4) is 0 Å². The lowest BCUT2D eigenvalue weighted by atomic mass is 9.75. The second-order valence-electron chi connectivity index (χ2n) is 7.26. The summed E-state index contributed by atoms with van der Waals surface area (Å²) in [7, 11) is 0. The van der Waals surface area contributed by atoms with Crippen LogP contribution in [-0.2, 0) is 19.1 Å². The summed E-state index contributed by atoms with van der Waals surface area (Å²) in [6.07, 6.45) is 1.19. The average molecular weight is 382 g/mol. The Kier molecular flexibility index (Phi) is 6.86. The summed E-state index contributed by atoms with van der Waals surface area (Å²) >= 11 is 0. The van der Waals surface area contributed by atoms with Crippen LogP contribution in [0, 0.1) is 5.92 Å². The minimum atomic E-state index is -1.42. The Hall–Kier alpha value is -2.09. The quantitative estimate of drug-likeness (QED) is 0.423. The number of esters is 1. The monoisotopic (exact) mass is 382 g/mol. The Morgan fingerprint density at radius 2 is 1.96 bits per heavy atom. The van der Waals surface area contributed by atoms with Crippen molar-refractivity contribution in [2.24, 2.45) is 5.92 Å². The SMILES string of the molecule is C=CCCOC(=O)N1CCC2(CC1)[C@@H](C(=O)OCC)[C@@H](O)C(=O)N2C(C)C. The van der Waals surface area contributed by atoms with Crippen molar-refractivity contribution in [1.82, 2.24) is 9.80 Å². The molecule has 0 aromatic carbocycles. The number of piperidine rings is 1. The van der Waals surface area contributed by atoms with Crippen LogP contribution in [-0.4, -0.2) is 76.9 Å². The van der Waals surface area contributed by atoms with Gasteiger partial charge in [0.05, 0.1) is 18.8 Å². The van der Waals surface area contributed by atoms with E-state index in [1.165, 1.54) is 0 Å². The number of hydrogen-bond acceptors (Lipinski definition) is 6. The highest BCUT2D eigenvalue weighted by molar-refractivity contribution is 5.93. The molecule has 2 fully saturated rings. The van der Waals surface area contributed by atoms with E-state index in [1.807, 2.05) is 13.8 Å². The van der Waals surface area contributed by atoms with E-state index < -0.39 is 35.5 Å². The van der Waals surface area contributed by atoms with Gasteiger partial charge in [0.1, 0.15) is 12.0 Å². The molecule has 27 heavy (non-hydrogen) atoms. The summed E-state index contributed by atoms with van der Waals surface area (Å²) in [5.74, 6) is -1.97. The molecule has 2 heterocycles. The molecule has 0 saturated carbocycles. The number of rotatable bonds is 6. The summed E-state index contributed by atoms with van der Waals surface area (Å²) in [4.78, 5) is 40.6. The van der Waals surface area contributed by atoms with Crippen LogP contribution >= 0.6 is 0 Å². The van der Waals surface area contributed by atoms with Crippen molar-refractivity contribution in [3.05, 3.63) is 12.7 Å². The molecule has 152 valence electrons. The number of aliphatic hydroxyl groups is 1. The van der Waals surface area contributed by atoms with Crippen molar-refractivity contribution < 1.29 is 29.0 Å². The standard InChI is InChI=1S/C19H30N2O6/c1-5-7-12-27-18(25)20-10-8-19(9-11-20)14(17(24)26-6-2)15(22)16(23)21(19)13(3)4/h5,13-15,22H,1,6-12H2,2-4H3/t14-,15-/m1/s1. The van der Waals surface area contributed by atoms with Gasteiger partial charge in [-0.2, -0.15) is 0 Å². The van der Waals surface area contributed by atoms with E-state index in [-0.39, 0.29) is 19.3 Å². The number of nitrogens with zero attached hydrogens (tertiary/aromatic N) is 2. The molecule has 0 bridgehead atoms. The summed E-state index contributed by atoms with van der Waals surface area (Å²) in [5.41, 5.74) is -0.852. The second-order valence-corrected chi connectivity index (χ2v) is 7.26. The van der Waals surface area contributed by atoms with Crippen LogP contribution in [0.5, 0.6) is 0 Å². The van der Waals surface area contributed by atoms with E-state index in [0.717, 1.165) is 0 Å². The predicted molar refractivity (Wildman–Crippen MR) is 97.8 cm³/mol. The van der Waals surface area contributed by atoms with Crippen LogP contribution < -0.4 is 0 Å². The maximum Gasteiger partial charge on any atom is 0.409 e. The smallest absolute Gasteiger partial charge is 0.409 e. The van der Waals surface area contributed by atoms with E-state index in [0.29, 0.717) is 32.4 Å². The van der Waals surface area contributed by atoms with Gasteiger partial charge in [-0.3, -0.25) is 9.59 Å². The molecule has 1 spiro atoms. The van der Waals surface area contributed by atoms with Gasteiger partial charge in [0.25, 0.3) is 5.91 Å².